The van der Waals surface area contributed by atoms with E-state index in [9.17, 15) is 9.46 Å². The van der Waals surface area contributed by atoms with E-state index >= 15 is 0 Å². The van der Waals surface area contributed by atoms with Gasteiger partial charge in [0, 0.05) is 12.0 Å². The monoisotopic (exact) mass is 401 g/mol. The van der Waals surface area contributed by atoms with E-state index in [0.717, 1.165) is 0 Å². The first-order chi connectivity index (χ1) is 12.6. The minimum atomic E-state index is -4.60. The maximum Gasteiger partial charge on any atom is 0.268 e. The molecule has 1 unspecified atom stereocenters. The first-order valence-electron chi connectivity index (χ1n) is 9.29. The minimum absolute atomic E-state index is 0.0250. The van der Waals surface area contributed by atoms with Gasteiger partial charge in [0.15, 0.2) is 0 Å². The predicted molar refractivity (Wildman–Crippen MR) is 97.6 cm³/mol. The summed E-state index contributed by atoms with van der Waals surface area (Å²) in [4.78, 5) is 12.3. The SMILES string of the molecule is [B][C@H]1C[C@@H](OC(C)C)[C@@H](COP(=O)([O-])O[C@@H]2C[C@H]([B])O[C@@H]2COC(C)C)O1. The molecule has 0 spiro atoms. The molecule has 0 aliphatic carbocycles. The van der Waals surface area contributed by atoms with Gasteiger partial charge in [-0.05, 0) is 40.5 Å². The van der Waals surface area contributed by atoms with Gasteiger partial charge in [-0.2, -0.15) is 0 Å². The van der Waals surface area contributed by atoms with Crippen molar-refractivity contribution in [2.75, 3.05) is 13.2 Å². The minimum Gasteiger partial charge on any atom is -0.756 e. The molecule has 0 amide bonds. The van der Waals surface area contributed by atoms with Gasteiger partial charge < -0.3 is 32.9 Å². The lowest BCUT2D eigenvalue weighted by Crippen LogP contribution is -2.33. The summed E-state index contributed by atoms with van der Waals surface area (Å²) in [7, 11) is 6.92. The van der Waals surface area contributed by atoms with Crippen molar-refractivity contribution in [2.45, 2.75) is 89.2 Å². The predicted octanol–water partition coefficient (Wildman–Crippen LogP) is 0.642. The van der Waals surface area contributed by atoms with Crippen molar-refractivity contribution in [3.63, 3.8) is 0 Å². The molecule has 4 radical (unpaired) electrons. The summed E-state index contributed by atoms with van der Waals surface area (Å²) < 4.78 is 44.6. The number of hydrogen-bond acceptors (Lipinski definition) is 8. The molecule has 152 valence electrons. The second-order valence-corrected chi connectivity index (χ2v) is 8.75. The van der Waals surface area contributed by atoms with E-state index in [1.165, 1.54) is 0 Å². The highest BCUT2D eigenvalue weighted by Gasteiger charge is 2.38. The molecule has 2 aliphatic rings. The normalized spacial score (nSPS) is 36.6. The van der Waals surface area contributed by atoms with Crippen molar-refractivity contribution < 1.29 is 37.5 Å². The molecular formula is C16H28B2O8P-. The fraction of sp³-hybridized carbons (Fsp3) is 1.00. The lowest BCUT2D eigenvalue weighted by molar-refractivity contribution is -0.234. The van der Waals surface area contributed by atoms with Crippen molar-refractivity contribution >= 4 is 23.5 Å². The lowest BCUT2D eigenvalue weighted by atomic mass is 9.96. The zero-order valence-electron chi connectivity index (χ0n) is 16.3. The molecule has 2 saturated heterocycles. The Labute approximate surface area is 164 Å². The van der Waals surface area contributed by atoms with E-state index in [-0.39, 0.29) is 37.9 Å². The average Bonchev–Trinajstić information content (AvgIpc) is 3.04. The molecule has 0 bridgehead atoms. The van der Waals surface area contributed by atoms with Crippen molar-refractivity contribution in [1.82, 2.24) is 0 Å². The van der Waals surface area contributed by atoms with E-state index in [1.807, 2.05) is 27.7 Å². The molecule has 27 heavy (non-hydrogen) atoms. The van der Waals surface area contributed by atoms with Crippen molar-refractivity contribution in [3.8, 4) is 0 Å². The Balaban J connectivity index is 1.87. The Hall–Kier alpha value is 0.0799. The molecule has 0 aromatic heterocycles. The van der Waals surface area contributed by atoms with Gasteiger partial charge in [0.2, 0.25) is 0 Å². The fourth-order valence-electron chi connectivity index (χ4n) is 3.04. The molecule has 11 heteroatoms. The topological polar surface area (TPSA) is 95.5 Å². The number of phosphoric ester groups is 1. The van der Waals surface area contributed by atoms with Crippen LogP contribution in [0.4, 0.5) is 0 Å². The molecule has 0 aromatic rings. The van der Waals surface area contributed by atoms with Crippen LogP contribution in [0.15, 0.2) is 0 Å². The van der Waals surface area contributed by atoms with E-state index in [1.54, 1.807) is 0 Å². The molecule has 7 atom stereocenters. The molecule has 2 heterocycles. The average molecular weight is 401 g/mol. The standard InChI is InChI=1S/C16H29B2O8P/c1-9(2)21-7-13-12(6-16(18)24-13)26-27(19,20)22-8-14-11(23-10(3)4)5-15(17)25-14/h9-16H,5-8H2,1-4H3,(H,19,20)/p-1/t11-,12-,13-,14-,15-,16-/m1/s1. The molecular weight excluding hydrogens is 373 g/mol. The highest BCUT2D eigenvalue weighted by molar-refractivity contribution is 7.45. The fourth-order valence-corrected chi connectivity index (χ4v) is 3.99. The second kappa shape index (κ2) is 10.2. The van der Waals surface area contributed by atoms with Crippen LogP contribution in [0.5, 0.6) is 0 Å². The smallest absolute Gasteiger partial charge is 0.268 e. The largest absolute Gasteiger partial charge is 0.756 e. The van der Waals surface area contributed by atoms with Crippen molar-refractivity contribution in [1.29, 1.82) is 0 Å². The van der Waals surface area contributed by atoms with Crippen molar-refractivity contribution in [3.05, 3.63) is 0 Å². The summed E-state index contributed by atoms with van der Waals surface area (Å²) in [6.07, 6.45) is -1.64. The highest BCUT2D eigenvalue weighted by Crippen LogP contribution is 2.44. The Kier molecular flexibility index (Phi) is 8.84. The van der Waals surface area contributed by atoms with Crippen LogP contribution in [-0.4, -0.2) is 77.5 Å². The number of rotatable bonds is 10. The number of ether oxygens (including phenoxy) is 4. The Morgan fingerprint density at radius 2 is 1.56 bits per heavy atom. The van der Waals surface area contributed by atoms with Crippen LogP contribution in [-0.2, 0) is 32.6 Å². The quantitative estimate of drug-likeness (QED) is 0.389. The van der Waals surface area contributed by atoms with E-state index in [4.69, 9.17) is 43.7 Å². The second-order valence-electron chi connectivity index (χ2n) is 7.39. The Bertz CT molecular complexity index is 509. The third kappa shape index (κ3) is 7.78. The zero-order chi connectivity index (χ0) is 20.2. The van der Waals surface area contributed by atoms with E-state index in [2.05, 4.69) is 0 Å². The molecule has 0 aromatic carbocycles. The van der Waals surface area contributed by atoms with Crippen LogP contribution in [0.1, 0.15) is 40.5 Å². The molecule has 2 fully saturated rings. The van der Waals surface area contributed by atoms with Crippen LogP contribution in [0, 0.1) is 0 Å². The number of phosphoric acid groups is 1. The third-order valence-electron chi connectivity index (χ3n) is 4.16. The van der Waals surface area contributed by atoms with Gasteiger partial charge in [-0.25, -0.2) is 0 Å². The maximum atomic E-state index is 12.3. The van der Waals surface area contributed by atoms with E-state index in [0.29, 0.717) is 6.42 Å². The first kappa shape index (κ1) is 23.4. The summed E-state index contributed by atoms with van der Waals surface area (Å²) in [5.41, 5.74) is 0. The Morgan fingerprint density at radius 3 is 2.11 bits per heavy atom. The van der Waals surface area contributed by atoms with Gasteiger partial charge in [0.1, 0.15) is 27.9 Å². The van der Waals surface area contributed by atoms with Gasteiger partial charge in [0.25, 0.3) is 7.82 Å². The molecule has 2 aliphatic heterocycles. The van der Waals surface area contributed by atoms with Gasteiger partial charge in [-0.3, -0.25) is 4.57 Å². The van der Waals surface area contributed by atoms with Crippen molar-refractivity contribution in [2.24, 2.45) is 0 Å². The summed E-state index contributed by atoms with van der Waals surface area (Å²) in [6, 6.07) is -1.14. The van der Waals surface area contributed by atoms with Crippen LogP contribution in [0.3, 0.4) is 0 Å². The van der Waals surface area contributed by atoms with Gasteiger partial charge in [-0.15, -0.1) is 0 Å². The summed E-state index contributed by atoms with van der Waals surface area (Å²) in [5, 5.41) is 0. The molecule has 8 nitrogen and oxygen atoms in total. The molecule has 0 N–H and O–H groups in total. The lowest BCUT2D eigenvalue weighted by Gasteiger charge is -2.30. The number of hydrogen-bond donors (Lipinski definition) is 0. The summed E-state index contributed by atoms with van der Waals surface area (Å²) in [5.74, 6) is 0. The first-order valence-corrected chi connectivity index (χ1v) is 10.7. The van der Waals surface area contributed by atoms with Gasteiger partial charge in [0.05, 0.1) is 37.6 Å². The molecule has 0 saturated carbocycles. The maximum absolute atomic E-state index is 12.3. The summed E-state index contributed by atoms with van der Waals surface area (Å²) in [6.45, 7) is 7.44. The van der Waals surface area contributed by atoms with Crippen LogP contribution in [0.2, 0.25) is 0 Å². The van der Waals surface area contributed by atoms with Crippen LogP contribution in [0.25, 0.3) is 0 Å². The van der Waals surface area contributed by atoms with Crippen LogP contribution >= 0.6 is 7.82 Å². The molecule has 2 rings (SSSR count). The van der Waals surface area contributed by atoms with E-state index < -0.39 is 38.1 Å². The highest BCUT2D eigenvalue weighted by atomic mass is 31.2. The van der Waals surface area contributed by atoms with Crippen LogP contribution < -0.4 is 4.89 Å². The summed E-state index contributed by atoms with van der Waals surface area (Å²) >= 11 is 0. The van der Waals surface area contributed by atoms with Gasteiger partial charge in [-0.1, -0.05) is 0 Å². The van der Waals surface area contributed by atoms with Gasteiger partial charge >= 0.3 is 0 Å². The Morgan fingerprint density at radius 1 is 1.00 bits per heavy atom. The zero-order valence-corrected chi connectivity index (χ0v) is 17.2. The third-order valence-corrected chi connectivity index (χ3v) is 5.15.